The van der Waals surface area contributed by atoms with Gasteiger partial charge in [0, 0.05) is 5.56 Å². The number of carbonyl (C=O) groups is 1. The standard InChI is InChI=1S/C13H7F3O2/c14-8-3-1-7(2-4-8)9-5-12(16)10(13(17)18)6-11(9)15/h1-6H,(H,17,18). The monoisotopic (exact) mass is 252 g/mol. The molecule has 0 aliphatic carbocycles. The predicted molar refractivity (Wildman–Crippen MR) is 58.7 cm³/mol. The van der Waals surface area contributed by atoms with Crippen molar-refractivity contribution in [2.45, 2.75) is 0 Å². The maximum Gasteiger partial charge on any atom is 0.338 e. The first-order valence-corrected chi connectivity index (χ1v) is 4.97. The van der Waals surface area contributed by atoms with E-state index >= 15 is 0 Å². The largest absolute Gasteiger partial charge is 0.478 e. The first kappa shape index (κ1) is 12.2. The van der Waals surface area contributed by atoms with Crippen LogP contribution in [0.15, 0.2) is 36.4 Å². The number of rotatable bonds is 2. The van der Waals surface area contributed by atoms with E-state index in [-0.39, 0.29) is 11.1 Å². The van der Waals surface area contributed by atoms with Crippen LogP contribution < -0.4 is 0 Å². The zero-order valence-electron chi connectivity index (χ0n) is 8.95. The Kier molecular flexibility index (Phi) is 3.06. The summed E-state index contributed by atoms with van der Waals surface area (Å²) in [4.78, 5) is 10.6. The van der Waals surface area contributed by atoms with Crippen molar-refractivity contribution in [3.8, 4) is 11.1 Å². The Morgan fingerprint density at radius 3 is 2.11 bits per heavy atom. The van der Waals surface area contributed by atoms with Gasteiger partial charge in [-0.05, 0) is 29.8 Å². The fourth-order valence-electron chi connectivity index (χ4n) is 1.56. The second-order valence-corrected chi connectivity index (χ2v) is 3.62. The molecule has 0 heterocycles. The Hall–Kier alpha value is -2.30. The van der Waals surface area contributed by atoms with Crippen molar-refractivity contribution >= 4 is 5.97 Å². The van der Waals surface area contributed by atoms with E-state index in [0.717, 1.165) is 18.2 Å². The van der Waals surface area contributed by atoms with Gasteiger partial charge in [0.15, 0.2) is 0 Å². The van der Waals surface area contributed by atoms with Gasteiger partial charge in [-0.1, -0.05) is 12.1 Å². The van der Waals surface area contributed by atoms with Crippen molar-refractivity contribution in [3.63, 3.8) is 0 Å². The smallest absolute Gasteiger partial charge is 0.338 e. The second kappa shape index (κ2) is 4.52. The summed E-state index contributed by atoms with van der Waals surface area (Å²) in [5.74, 6) is -3.96. The molecule has 0 bridgehead atoms. The van der Waals surface area contributed by atoms with Crippen LogP contribution in [0.5, 0.6) is 0 Å². The average Bonchev–Trinajstić information content (AvgIpc) is 2.32. The minimum atomic E-state index is -1.54. The summed E-state index contributed by atoms with van der Waals surface area (Å²) < 4.78 is 39.8. The molecule has 1 N–H and O–H groups in total. The highest BCUT2D eigenvalue weighted by molar-refractivity contribution is 5.88. The summed E-state index contributed by atoms with van der Waals surface area (Å²) in [6, 6.07) is 6.18. The van der Waals surface area contributed by atoms with Gasteiger partial charge in [-0.2, -0.15) is 0 Å². The first-order valence-electron chi connectivity index (χ1n) is 4.97. The lowest BCUT2D eigenvalue weighted by molar-refractivity contribution is 0.0691. The molecule has 0 atom stereocenters. The van der Waals surface area contributed by atoms with Gasteiger partial charge < -0.3 is 5.11 Å². The summed E-state index contributed by atoms with van der Waals surface area (Å²) in [6.45, 7) is 0. The molecule has 0 spiro atoms. The van der Waals surface area contributed by atoms with Crippen LogP contribution in [0.25, 0.3) is 11.1 Å². The van der Waals surface area contributed by atoms with Crippen molar-refractivity contribution in [1.29, 1.82) is 0 Å². The van der Waals surface area contributed by atoms with Crippen LogP contribution in [0.3, 0.4) is 0 Å². The van der Waals surface area contributed by atoms with Gasteiger partial charge in [-0.3, -0.25) is 0 Å². The molecule has 2 aromatic carbocycles. The predicted octanol–water partition coefficient (Wildman–Crippen LogP) is 3.47. The molecule has 0 saturated carbocycles. The fraction of sp³-hybridized carbons (Fsp3) is 0. The molecule has 0 aliphatic heterocycles. The highest BCUT2D eigenvalue weighted by Gasteiger charge is 2.16. The maximum absolute atomic E-state index is 13.7. The Balaban J connectivity index is 2.56. The number of aromatic carboxylic acids is 1. The number of carboxylic acid groups (broad SMARTS) is 1. The average molecular weight is 252 g/mol. The van der Waals surface area contributed by atoms with Crippen molar-refractivity contribution < 1.29 is 23.1 Å². The van der Waals surface area contributed by atoms with E-state index < -0.39 is 29.0 Å². The van der Waals surface area contributed by atoms with Gasteiger partial charge in [0.2, 0.25) is 0 Å². The molecule has 2 rings (SSSR count). The molecule has 0 unspecified atom stereocenters. The lowest BCUT2D eigenvalue weighted by Gasteiger charge is -2.06. The molecule has 0 aliphatic rings. The fourth-order valence-corrected chi connectivity index (χ4v) is 1.56. The van der Waals surface area contributed by atoms with E-state index in [2.05, 4.69) is 0 Å². The van der Waals surface area contributed by atoms with E-state index in [1.165, 1.54) is 12.1 Å². The van der Waals surface area contributed by atoms with Crippen molar-refractivity contribution in [1.82, 2.24) is 0 Å². The van der Waals surface area contributed by atoms with Crippen molar-refractivity contribution in [3.05, 3.63) is 59.4 Å². The van der Waals surface area contributed by atoms with Crippen LogP contribution in [-0.4, -0.2) is 11.1 Å². The third kappa shape index (κ3) is 2.20. The molecule has 0 fully saturated rings. The van der Waals surface area contributed by atoms with E-state index in [4.69, 9.17) is 5.11 Å². The SMILES string of the molecule is O=C(O)c1cc(F)c(-c2ccc(F)cc2)cc1F. The quantitative estimate of drug-likeness (QED) is 0.888. The molecule has 0 amide bonds. The van der Waals surface area contributed by atoms with Crippen molar-refractivity contribution in [2.24, 2.45) is 0 Å². The second-order valence-electron chi connectivity index (χ2n) is 3.62. The van der Waals surface area contributed by atoms with Gasteiger partial charge in [-0.25, -0.2) is 18.0 Å². The van der Waals surface area contributed by atoms with E-state index in [9.17, 15) is 18.0 Å². The normalized spacial score (nSPS) is 10.4. The molecule has 5 heteroatoms. The first-order chi connectivity index (χ1) is 8.49. The number of benzene rings is 2. The third-order valence-corrected chi connectivity index (χ3v) is 2.44. The van der Waals surface area contributed by atoms with Gasteiger partial charge >= 0.3 is 5.97 Å². The molecule has 0 radical (unpaired) electrons. The van der Waals surface area contributed by atoms with Gasteiger partial charge in [0.25, 0.3) is 0 Å². The molecule has 2 aromatic rings. The molecule has 18 heavy (non-hydrogen) atoms. The Bertz CT molecular complexity index is 606. The minimum absolute atomic E-state index is 0.113. The molecule has 92 valence electrons. The summed E-state index contributed by atoms with van der Waals surface area (Å²) >= 11 is 0. The van der Waals surface area contributed by atoms with E-state index in [1.807, 2.05) is 0 Å². The number of carboxylic acids is 1. The Morgan fingerprint density at radius 2 is 1.56 bits per heavy atom. The molecular weight excluding hydrogens is 245 g/mol. The van der Waals surface area contributed by atoms with Crippen LogP contribution in [0, 0.1) is 17.5 Å². The van der Waals surface area contributed by atoms with Gasteiger partial charge in [0.05, 0.1) is 5.56 Å². The minimum Gasteiger partial charge on any atom is -0.478 e. The molecule has 0 aromatic heterocycles. The maximum atomic E-state index is 13.7. The third-order valence-electron chi connectivity index (χ3n) is 2.44. The summed E-state index contributed by atoms with van der Waals surface area (Å²) in [5, 5.41) is 8.63. The van der Waals surface area contributed by atoms with Crippen LogP contribution >= 0.6 is 0 Å². The van der Waals surface area contributed by atoms with Gasteiger partial charge in [-0.15, -0.1) is 0 Å². The number of hydrogen-bond donors (Lipinski definition) is 1. The lowest BCUT2D eigenvalue weighted by atomic mass is 10.0. The Labute approximate surface area is 100 Å². The lowest BCUT2D eigenvalue weighted by Crippen LogP contribution is -2.02. The van der Waals surface area contributed by atoms with E-state index in [1.54, 1.807) is 0 Å². The molecule has 2 nitrogen and oxygen atoms in total. The zero-order chi connectivity index (χ0) is 13.3. The highest BCUT2D eigenvalue weighted by Crippen LogP contribution is 2.25. The summed E-state index contributed by atoms with van der Waals surface area (Å²) in [5.41, 5.74) is -0.583. The highest BCUT2D eigenvalue weighted by atomic mass is 19.1. The van der Waals surface area contributed by atoms with Crippen LogP contribution in [-0.2, 0) is 0 Å². The molecular formula is C13H7F3O2. The molecule has 0 saturated heterocycles. The van der Waals surface area contributed by atoms with Crippen LogP contribution in [0.4, 0.5) is 13.2 Å². The summed E-state index contributed by atoms with van der Waals surface area (Å²) in [7, 11) is 0. The number of hydrogen-bond acceptors (Lipinski definition) is 1. The van der Waals surface area contributed by atoms with Crippen LogP contribution in [0.1, 0.15) is 10.4 Å². The van der Waals surface area contributed by atoms with Crippen molar-refractivity contribution in [2.75, 3.05) is 0 Å². The van der Waals surface area contributed by atoms with Crippen LogP contribution in [0.2, 0.25) is 0 Å². The number of halogens is 3. The van der Waals surface area contributed by atoms with E-state index in [0.29, 0.717) is 6.07 Å². The Morgan fingerprint density at radius 1 is 0.944 bits per heavy atom. The summed E-state index contributed by atoms with van der Waals surface area (Å²) in [6.07, 6.45) is 0. The van der Waals surface area contributed by atoms with Gasteiger partial charge in [0.1, 0.15) is 17.5 Å². The topological polar surface area (TPSA) is 37.3 Å². The zero-order valence-corrected chi connectivity index (χ0v) is 8.95.